The second kappa shape index (κ2) is 11.8. The Kier molecular flexibility index (Phi) is 8.04. The van der Waals surface area contributed by atoms with E-state index < -0.39 is 30.3 Å². The number of nitrogens with one attached hydrogen (secondary N) is 2. The number of fused-ring (bicyclic) bond motifs is 1. The van der Waals surface area contributed by atoms with E-state index >= 15 is 0 Å². The lowest BCUT2D eigenvalue weighted by Gasteiger charge is -2.36. The third-order valence-corrected chi connectivity index (χ3v) is 6.54. The van der Waals surface area contributed by atoms with Gasteiger partial charge in [0.2, 0.25) is 11.9 Å². The lowest BCUT2D eigenvalue weighted by Crippen LogP contribution is -2.48. The number of piperazine rings is 1. The molecule has 0 unspecified atom stereocenters. The topological polar surface area (TPSA) is 170 Å². The predicted octanol–water partition coefficient (Wildman–Crippen LogP) is 0.562. The van der Waals surface area contributed by atoms with Crippen LogP contribution in [0.4, 0.5) is 26.4 Å². The quantitative estimate of drug-likeness (QED) is 0.185. The Morgan fingerprint density at radius 1 is 1.15 bits per heavy atom. The van der Waals surface area contributed by atoms with Crippen molar-refractivity contribution in [2.45, 2.75) is 6.10 Å². The first-order valence-corrected chi connectivity index (χ1v) is 12.7. The third-order valence-electron chi connectivity index (χ3n) is 6.54. The number of amides is 1. The van der Waals surface area contributed by atoms with Crippen LogP contribution < -0.4 is 21.3 Å². The Bertz CT molecular complexity index is 1470. The molecule has 0 spiro atoms. The molecule has 1 aliphatic rings. The highest BCUT2D eigenvalue weighted by molar-refractivity contribution is 5.95. The molecule has 4 aromatic rings. The minimum Gasteiger partial charge on any atom is -0.463 e. The fraction of sp³-hybridized carbons (Fsp3) is 0.360. The van der Waals surface area contributed by atoms with Crippen LogP contribution in [0.15, 0.2) is 41.0 Å². The molecule has 1 aromatic carbocycles. The summed E-state index contributed by atoms with van der Waals surface area (Å²) in [7, 11) is 0. The molecule has 212 valence electrons. The first-order valence-electron chi connectivity index (χ1n) is 12.7. The lowest BCUT2D eigenvalue weighted by atomic mass is 10.1. The lowest BCUT2D eigenvalue weighted by molar-refractivity contribution is 0.0799. The van der Waals surface area contributed by atoms with Gasteiger partial charge in [-0.05, 0) is 18.2 Å². The van der Waals surface area contributed by atoms with Crippen molar-refractivity contribution in [2.75, 3.05) is 68.4 Å². The molecule has 0 radical (unpaired) electrons. The van der Waals surface area contributed by atoms with Gasteiger partial charge in [-0.25, -0.2) is 8.78 Å². The first kappa shape index (κ1) is 27.2. The highest BCUT2D eigenvalue weighted by Crippen LogP contribution is 2.25. The minimum atomic E-state index is -1.17. The number of aliphatic hydroxyl groups excluding tert-OH is 2. The molecule has 0 bridgehead atoms. The van der Waals surface area contributed by atoms with Gasteiger partial charge < -0.3 is 35.9 Å². The first-order chi connectivity index (χ1) is 19.3. The van der Waals surface area contributed by atoms with E-state index in [9.17, 15) is 18.7 Å². The van der Waals surface area contributed by atoms with Crippen molar-refractivity contribution in [1.82, 2.24) is 29.8 Å². The Morgan fingerprint density at radius 3 is 2.67 bits per heavy atom. The molecule has 13 nitrogen and oxygen atoms in total. The molecule has 0 saturated carbocycles. The van der Waals surface area contributed by atoms with Crippen LogP contribution in [-0.2, 0) is 0 Å². The van der Waals surface area contributed by atoms with E-state index in [1.54, 1.807) is 29.4 Å². The Hall–Kier alpha value is -4.34. The molecule has 1 amide bonds. The SMILES string of the molecule is Nc1nc(NCCN2CCN(c3cc(C(=O)NC[C@H](O)CO)c(F)cc3F)CC2)nc2cc(-c3ccco3)nn12. The van der Waals surface area contributed by atoms with Crippen LogP contribution in [0.1, 0.15) is 10.4 Å². The number of nitrogens with two attached hydrogens (primary N) is 1. The maximum atomic E-state index is 14.6. The molecular weight excluding hydrogens is 528 g/mol. The number of aromatic nitrogens is 4. The van der Waals surface area contributed by atoms with Gasteiger partial charge in [0, 0.05) is 57.9 Å². The number of carbonyl (C=O) groups is 1. The van der Waals surface area contributed by atoms with Gasteiger partial charge in [0.1, 0.15) is 17.3 Å². The highest BCUT2D eigenvalue weighted by atomic mass is 19.1. The van der Waals surface area contributed by atoms with E-state index in [1.807, 2.05) is 0 Å². The zero-order valence-corrected chi connectivity index (χ0v) is 21.4. The van der Waals surface area contributed by atoms with E-state index in [-0.39, 0.29) is 23.7 Å². The van der Waals surface area contributed by atoms with Gasteiger partial charge in [-0.2, -0.15) is 19.6 Å². The summed E-state index contributed by atoms with van der Waals surface area (Å²) in [4.78, 5) is 25.0. The van der Waals surface area contributed by atoms with Crippen LogP contribution in [0.3, 0.4) is 0 Å². The minimum absolute atomic E-state index is 0.124. The van der Waals surface area contributed by atoms with E-state index in [1.165, 1.54) is 10.6 Å². The van der Waals surface area contributed by atoms with Crippen LogP contribution in [0.25, 0.3) is 17.1 Å². The van der Waals surface area contributed by atoms with Crippen LogP contribution >= 0.6 is 0 Å². The maximum absolute atomic E-state index is 14.6. The van der Waals surface area contributed by atoms with Gasteiger partial charge in [0.05, 0.1) is 30.2 Å². The number of benzene rings is 1. The Morgan fingerprint density at radius 2 is 1.95 bits per heavy atom. The standard InChI is InChI=1S/C25H29F2N9O4/c26-17-11-18(27)20(10-16(17)23(39)30-13-15(38)14-37)35-7-5-34(6-8-35)4-3-29-25-31-22-12-19(21-2-1-9-40-21)33-36(22)24(28)32-25/h1-2,9-12,15,37-38H,3-8,13-14H2,(H,30,39)(H3,28,29,31,32)/t15-/m0/s1. The summed E-state index contributed by atoms with van der Waals surface area (Å²) in [5.41, 5.74) is 6.96. The van der Waals surface area contributed by atoms with Gasteiger partial charge in [-0.1, -0.05) is 0 Å². The zero-order valence-electron chi connectivity index (χ0n) is 21.4. The molecule has 1 fully saturated rings. The average Bonchev–Trinajstić information content (AvgIpc) is 3.63. The van der Waals surface area contributed by atoms with Gasteiger partial charge in [-0.15, -0.1) is 0 Å². The molecule has 0 aliphatic carbocycles. The van der Waals surface area contributed by atoms with E-state index in [2.05, 4.69) is 30.6 Å². The Labute approximate surface area is 227 Å². The van der Waals surface area contributed by atoms with E-state index in [4.69, 9.17) is 15.3 Å². The number of carbonyl (C=O) groups excluding carboxylic acids is 1. The van der Waals surface area contributed by atoms with Gasteiger partial charge in [0.15, 0.2) is 11.4 Å². The molecular formula is C25H29F2N9O4. The number of halogens is 2. The molecule has 15 heteroatoms. The smallest absolute Gasteiger partial charge is 0.254 e. The van der Waals surface area contributed by atoms with E-state index in [0.717, 1.165) is 0 Å². The van der Waals surface area contributed by atoms with E-state index in [0.29, 0.717) is 68.4 Å². The van der Waals surface area contributed by atoms with Crippen LogP contribution in [0.5, 0.6) is 0 Å². The summed E-state index contributed by atoms with van der Waals surface area (Å²) in [5.74, 6) is -1.43. The molecule has 6 N–H and O–H groups in total. The Balaban J connectivity index is 1.15. The number of furan rings is 1. The number of hydrogen-bond donors (Lipinski definition) is 5. The van der Waals surface area contributed by atoms with Crippen molar-refractivity contribution in [2.24, 2.45) is 0 Å². The number of nitrogen functional groups attached to an aromatic ring is 1. The number of hydrogen-bond acceptors (Lipinski definition) is 11. The van der Waals surface area contributed by atoms with Crippen molar-refractivity contribution in [1.29, 1.82) is 0 Å². The number of rotatable bonds is 10. The van der Waals surface area contributed by atoms with Crippen molar-refractivity contribution in [3.63, 3.8) is 0 Å². The molecule has 1 atom stereocenters. The van der Waals surface area contributed by atoms with Gasteiger partial charge in [-0.3, -0.25) is 9.69 Å². The van der Waals surface area contributed by atoms with Crippen LogP contribution in [0.2, 0.25) is 0 Å². The third kappa shape index (κ3) is 5.95. The van der Waals surface area contributed by atoms with Gasteiger partial charge >= 0.3 is 0 Å². The summed E-state index contributed by atoms with van der Waals surface area (Å²) >= 11 is 0. The molecule has 5 rings (SSSR count). The number of aliphatic hydroxyl groups is 2. The summed E-state index contributed by atoms with van der Waals surface area (Å²) in [6, 6.07) is 7.17. The molecule has 40 heavy (non-hydrogen) atoms. The normalized spacial score (nSPS) is 14.9. The molecule has 3 aromatic heterocycles. The molecule has 1 aliphatic heterocycles. The highest BCUT2D eigenvalue weighted by Gasteiger charge is 2.23. The zero-order chi connectivity index (χ0) is 28.2. The van der Waals surface area contributed by atoms with Gasteiger partial charge in [0.25, 0.3) is 5.91 Å². The van der Waals surface area contributed by atoms with Crippen LogP contribution in [0, 0.1) is 11.6 Å². The van der Waals surface area contributed by atoms with Crippen molar-refractivity contribution >= 4 is 29.1 Å². The fourth-order valence-corrected chi connectivity index (χ4v) is 4.40. The van der Waals surface area contributed by atoms with Crippen LogP contribution in [-0.4, -0.2) is 99.1 Å². The van der Waals surface area contributed by atoms with Crippen molar-refractivity contribution in [3.05, 3.63) is 53.8 Å². The molecule has 1 saturated heterocycles. The fourth-order valence-electron chi connectivity index (χ4n) is 4.40. The largest absolute Gasteiger partial charge is 0.463 e. The predicted molar refractivity (Wildman–Crippen MR) is 142 cm³/mol. The summed E-state index contributed by atoms with van der Waals surface area (Å²) in [6.45, 7) is 2.54. The monoisotopic (exact) mass is 557 g/mol. The summed E-state index contributed by atoms with van der Waals surface area (Å²) in [6.07, 6.45) is 0.384. The maximum Gasteiger partial charge on any atom is 0.254 e. The second-order valence-electron chi connectivity index (χ2n) is 9.27. The van der Waals surface area contributed by atoms with Crippen molar-refractivity contribution in [3.8, 4) is 11.5 Å². The summed E-state index contributed by atoms with van der Waals surface area (Å²) < 4.78 is 35.7. The number of anilines is 3. The average molecular weight is 558 g/mol. The van der Waals surface area contributed by atoms with Crippen molar-refractivity contribution < 1.29 is 28.2 Å². The summed E-state index contributed by atoms with van der Waals surface area (Å²) in [5, 5.41) is 28.2. The molecule has 4 heterocycles. The second-order valence-corrected chi connectivity index (χ2v) is 9.27. The number of nitrogens with zero attached hydrogens (tertiary/aromatic N) is 6.